The Bertz CT molecular complexity index is 1420. The van der Waals surface area contributed by atoms with E-state index in [1.54, 1.807) is 28.9 Å². The van der Waals surface area contributed by atoms with Crippen molar-refractivity contribution >= 4 is 45.3 Å². The fourth-order valence-electron chi connectivity index (χ4n) is 4.66. The number of pyridine rings is 1. The molecule has 174 valence electrons. The van der Waals surface area contributed by atoms with Gasteiger partial charge in [0.05, 0.1) is 28.5 Å². The molecule has 0 radical (unpaired) electrons. The van der Waals surface area contributed by atoms with Crippen LogP contribution in [0, 0.1) is 5.92 Å². The molecule has 0 saturated carbocycles. The summed E-state index contributed by atoms with van der Waals surface area (Å²) in [7, 11) is 0. The maximum atomic E-state index is 13.2. The molecule has 11 nitrogen and oxygen atoms in total. The maximum Gasteiger partial charge on any atom is 0.352 e. The molecule has 34 heavy (non-hydrogen) atoms. The third-order valence-corrected chi connectivity index (χ3v) is 7.28. The number of rotatable bonds is 7. The minimum absolute atomic E-state index is 0.0706. The predicted octanol–water partition coefficient (Wildman–Crippen LogP) is -0.193. The fraction of sp³-hybridized carbons (Fsp3) is 0.273. The number of carboxylic acid groups (broad SMARTS) is 1. The molecule has 2 amide bonds. The number of carboxylic acids is 1. The van der Waals surface area contributed by atoms with Crippen LogP contribution in [-0.4, -0.2) is 60.2 Å². The number of aromatic nitrogens is 3. The van der Waals surface area contributed by atoms with Gasteiger partial charge in [-0.05, 0) is 19.4 Å². The van der Waals surface area contributed by atoms with E-state index in [1.165, 1.54) is 40.3 Å². The topological polar surface area (TPSA) is 159 Å². The molecule has 0 spiro atoms. The zero-order valence-corrected chi connectivity index (χ0v) is 18.7. The van der Waals surface area contributed by atoms with E-state index >= 15 is 0 Å². The van der Waals surface area contributed by atoms with Gasteiger partial charge in [-0.2, -0.15) is 4.57 Å². The predicted molar refractivity (Wildman–Crippen MR) is 117 cm³/mol. The van der Waals surface area contributed by atoms with Gasteiger partial charge in [-0.1, -0.05) is 0 Å². The van der Waals surface area contributed by atoms with Crippen LogP contribution in [0.3, 0.4) is 0 Å². The number of carbonyl (C=O) groups excluding carboxylic acids is 3. The molecule has 3 aromatic rings. The van der Waals surface area contributed by atoms with Crippen molar-refractivity contribution in [3.63, 3.8) is 0 Å². The number of nitrogens with two attached hydrogens (primary N) is 1. The quantitative estimate of drug-likeness (QED) is 0.239. The van der Waals surface area contributed by atoms with Crippen LogP contribution in [0.1, 0.15) is 34.3 Å². The van der Waals surface area contributed by atoms with Gasteiger partial charge in [-0.25, -0.2) is 9.78 Å². The highest BCUT2D eigenvalue weighted by Gasteiger charge is 2.57. The molecule has 2 aliphatic rings. The SMILES string of the molecule is C[C@@H](O)[C@H]1C(=O)N2C(C(=O)O)=C(c3cn4cnc(C(=O)c5ccc[n+](CC(N)=O)c5)c4s3)C[C@H]12. The van der Waals surface area contributed by atoms with E-state index in [4.69, 9.17) is 5.73 Å². The van der Waals surface area contributed by atoms with Gasteiger partial charge < -0.3 is 20.8 Å². The van der Waals surface area contributed by atoms with Gasteiger partial charge in [0.1, 0.15) is 22.5 Å². The first-order valence-electron chi connectivity index (χ1n) is 10.4. The molecular formula is C22H20N5O6S+. The van der Waals surface area contributed by atoms with E-state index in [9.17, 15) is 29.4 Å². The molecule has 0 aliphatic carbocycles. The Balaban J connectivity index is 1.51. The first kappa shape index (κ1) is 21.9. The van der Waals surface area contributed by atoms with E-state index in [0.717, 1.165) is 0 Å². The lowest BCUT2D eigenvalue weighted by Gasteiger charge is -2.44. The molecule has 0 aromatic carbocycles. The van der Waals surface area contributed by atoms with Gasteiger partial charge in [-0.3, -0.25) is 18.8 Å². The largest absolute Gasteiger partial charge is 0.477 e. The van der Waals surface area contributed by atoms with Crippen molar-refractivity contribution in [3.05, 3.63) is 58.9 Å². The number of thiazole rings is 1. The van der Waals surface area contributed by atoms with Crippen LogP contribution < -0.4 is 10.3 Å². The number of nitrogens with zero attached hydrogens (tertiary/aromatic N) is 4. The van der Waals surface area contributed by atoms with Crippen LogP contribution in [0.15, 0.2) is 42.7 Å². The Kier molecular flexibility index (Phi) is 5.06. The molecule has 3 aromatic heterocycles. The van der Waals surface area contributed by atoms with Gasteiger partial charge >= 0.3 is 5.97 Å². The summed E-state index contributed by atoms with van der Waals surface area (Å²) >= 11 is 1.21. The van der Waals surface area contributed by atoms with Crippen molar-refractivity contribution in [1.82, 2.24) is 14.3 Å². The molecule has 4 N–H and O–H groups in total. The number of fused-ring (bicyclic) bond motifs is 2. The summed E-state index contributed by atoms with van der Waals surface area (Å²) in [6.45, 7) is 1.45. The molecule has 0 bridgehead atoms. The van der Waals surface area contributed by atoms with Crippen LogP contribution in [0.25, 0.3) is 10.4 Å². The maximum absolute atomic E-state index is 13.2. The van der Waals surface area contributed by atoms with E-state index in [-0.39, 0.29) is 23.7 Å². The van der Waals surface area contributed by atoms with E-state index < -0.39 is 35.8 Å². The summed E-state index contributed by atoms with van der Waals surface area (Å²) < 4.78 is 3.15. The van der Waals surface area contributed by atoms with Crippen LogP contribution >= 0.6 is 11.3 Å². The Morgan fingerprint density at radius 1 is 1.38 bits per heavy atom. The first-order valence-corrected chi connectivity index (χ1v) is 11.3. The number of imidazole rings is 1. The van der Waals surface area contributed by atoms with Crippen LogP contribution in [-0.2, 0) is 20.9 Å². The smallest absolute Gasteiger partial charge is 0.352 e. The molecular weight excluding hydrogens is 462 g/mol. The summed E-state index contributed by atoms with van der Waals surface area (Å²) in [5, 5.41) is 19.7. The van der Waals surface area contributed by atoms with E-state index in [0.29, 0.717) is 27.3 Å². The van der Waals surface area contributed by atoms with Crippen molar-refractivity contribution < 1.29 is 34.0 Å². The molecule has 2 aliphatic heterocycles. The molecule has 3 atom stereocenters. The highest BCUT2D eigenvalue weighted by molar-refractivity contribution is 7.18. The van der Waals surface area contributed by atoms with E-state index in [1.807, 2.05) is 0 Å². The highest BCUT2D eigenvalue weighted by Crippen LogP contribution is 2.48. The molecule has 5 heterocycles. The number of ketones is 1. The standard InChI is InChI=1S/C22H19N5O6S/c1-10(28)16-13-5-12(18(22(32)33)27(13)20(16)31)14-7-26-9-24-17(21(26)34-14)19(30)11-3-2-4-25(6-11)8-15(23)29/h2-4,6-7,9-10,13,16,28H,5,8H2,1H3,(H2-,23,29,32,33)/p+1/t10-,13-,16-/m1/s1. The van der Waals surface area contributed by atoms with Crippen molar-refractivity contribution in [2.75, 3.05) is 0 Å². The van der Waals surface area contributed by atoms with Crippen molar-refractivity contribution in [1.29, 1.82) is 0 Å². The normalized spacial score (nSPS) is 20.4. The van der Waals surface area contributed by atoms with Gasteiger partial charge in [0.15, 0.2) is 12.4 Å². The number of hydrogen-bond acceptors (Lipinski definition) is 7. The van der Waals surface area contributed by atoms with Crippen molar-refractivity contribution in [3.8, 4) is 0 Å². The number of hydrogen-bond donors (Lipinski definition) is 3. The van der Waals surface area contributed by atoms with Crippen LogP contribution in [0.2, 0.25) is 0 Å². The minimum Gasteiger partial charge on any atom is -0.477 e. The first-order chi connectivity index (χ1) is 16.2. The zero-order valence-electron chi connectivity index (χ0n) is 17.9. The van der Waals surface area contributed by atoms with Crippen molar-refractivity contribution in [2.45, 2.75) is 32.0 Å². The van der Waals surface area contributed by atoms with Gasteiger partial charge in [0, 0.05) is 17.8 Å². The summed E-state index contributed by atoms with van der Waals surface area (Å²) in [6, 6.07) is 2.83. The number of aliphatic hydroxyl groups excluding tert-OH is 1. The monoisotopic (exact) mass is 482 g/mol. The second-order valence-electron chi connectivity index (χ2n) is 8.34. The van der Waals surface area contributed by atoms with Gasteiger partial charge in [-0.15, -0.1) is 11.3 Å². The van der Waals surface area contributed by atoms with Crippen LogP contribution in [0.4, 0.5) is 0 Å². The average molecular weight is 482 g/mol. The van der Waals surface area contributed by atoms with Gasteiger partial charge in [0.2, 0.25) is 18.2 Å². The highest BCUT2D eigenvalue weighted by atomic mass is 32.1. The summed E-state index contributed by atoms with van der Waals surface area (Å²) in [5.41, 5.74) is 6.13. The lowest BCUT2D eigenvalue weighted by Crippen LogP contribution is -2.61. The zero-order chi connectivity index (χ0) is 24.3. The molecule has 1 saturated heterocycles. The lowest BCUT2D eigenvalue weighted by atomic mass is 9.83. The second-order valence-corrected chi connectivity index (χ2v) is 9.37. The second kappa shape index (κ2) is 7.85. The minimum atomic E-state index is -1.22. The number of β-lactam (4-membered cyclic amide) rings is 1. The Labute approximate surface area is 196 Å². The molecule has 0 unspecified atom stereocenters. The van der Waals surface area contributed by atoms with E-state index in [2.05, 4.69) is 4.98 Å². The average Bonchev–Trinajstić information content (AvgIpc) is 3.43. The number of primary amides is 1. The van der Waals surface area contributed by atoms with Gasteiger partial charge in [0.25, 0.3) is 5.91 Å². The molecule has 12 heteroatoms. The van der Waals surface area contributed by atoms with Crippen LogP contribution in [0.5, 0.6) is 0 Å². The fourth-order valence-corrected chi connectivity index (χ4v) is 5.78. The summed E-state index contributed by atoms with van der Waals surface area (Å²) in [5.74, 6) is -3.15. The Hall–Kier alpha value is -3.90. The number of amides is 2. The molecule has 5 rings (SSSR count). The summed E-state index contributed by atoms with van der Waals surface area (Å²) in [6.07, 6.45) is 5.72. The number of aliphatic hydroxyl groups is 1. The Morgan fingerprint density at radius 2 is 2.15 bits per heavy atom. The third-order valence-electron chi connectivity index (χ3n) is 6.11. The third kappa shape index (κ3) is 3.30. The number of aliphatic carboxylic acids is 1. The number of carbonyl (C=O) groups is 4. The summed E-state index contributed by atoms with van der Waals surface area (Å²) in [4.78, 5) is 55.4. The lowest BCUT2D eigenvalue weighted by molar-refractivity contribution is -0.684. The molecule has 1 fully saturated rings. The Morgan fingerprint density at radius 3 is 2.82 bits per heavy atom. The van der Waals surface area contributed by atoms with Crippen molar-refractivity contribution in [2.24, 2.45) is 11.7 Å².